The van der Waals surface area contributed by atoms with Gasteiger partial charge >= 0.3 is 0 Å². The second-order valence-electron chi connectivity index (χ2n) is 4.17. The van der Waals surface area contributed by atoms with Gasteiger partial charge in [0.2, 0.25) is 0 Å². The summed E-state index contributed by atoms with van der Waals surface area (Å²) in [5.41, 5.74) is 1.55. The summed E-state index contributed by atoms with van der Waals surface area (Å²) in [7, 11) is 0. The number of rotatable bonds is 3. The van der Waals surface area contributed by atoms with E-state index in [9.17, 15) is 13.2 Å². The molecule has 0 aliphatic heterocycles. The second kappa shape index (κ2) is 5.65. The van der Waals surface area contributed by atoms with Gasteiger partial charge in [-0.15, -0.1) is 0 Å². The van der Waals surface area contributed by atoms with E-state index >= 15 is 0 Å². The Bertz CT molecular complexity index is 614. The van der Waals surface area contributed by atoms with E-state index < -0.39 is 17.5 Å². The van der Waals surface area contributed by atoms with Crippen LogP contribution in [-0.4, -0.2) is 0 Å². The lowest BCUT2D eigenvalue weighted by Gasteiger charge is -2.11. The normalized spacial score (nSPS) is 10.6. The van der Waals surface area contributed by atoms with Crippen molar-refractivity contribution in [2.24, 2.45) is 0 Å². The Morgan fingerprint density at radius 1 is 1.05 bits per heavy atom. The van der Waals surface area contributed by atoms with Crippen LogP contribution in [0.1, 0.15) is 11.1 Å². The number of nitrogens with one attached hydrogen (secondary N) is 1. The maximum Gasteiger partial charge on any atom is 0.139 e. The molecule has 0 aliphatic carbocycles. The molecule has 2 aromatic rings. The zero-order valence-electron chi connectivity index (χ0n) is 10.1. The van der Waals surface area contributed by atoms with Gasteiger partial charge in [-0.2, -0.15) is 0 Å². The van der Waals surface area contributed by atoms with E-state index in [0.717, 1.165) is 23.8 Å². The van der Waals surface area contributed by atoms with Crippen molar-refractivity contribution in [1.29, 1.82) is 0 Å². The van der Waals surface area contributed by atoms with Gasteiger partial charge in [-0.25, -0.2) is 13.2 Å². The highest BCUT2D eigenvalue weighted by Gasteiger charge is 2.07. The fourth-order valence-corrected chi connectivity index (χ4v) is 2.16. The molecule has 0 heterocycles. The van der Waals surface area contributed by atoms with Crippen molar-refractivity contribution in [1.82, 2.24) is 0 Å². The first-order valence-electron chi connectivity index (χ1n) is 5.61. The lowest BCUT2D eigenvalue weighted by molar-refractivity contribution is 0.587. The Morgan fingerprint density at radius 2 is 1.79 bits per heavy atom. The Balaban J connectivity index is 2.19. The monoisotopic (exact) mass is 329 g/mol. The third-order valence-electron chi connectivity index (χ3n) is 2.74. The highest BCUT2D eigenvalue weighted by molar-refractivity contribution is 9.10. The summed E-state index contributed by atoms with van der Waals surface area (Å²) in [5, 5.41) is 2.90. The molecule has 2 aromatic carbocycles. The largest absolute Gasteiger partial charge is 0.381 e. The van der Waals surface area contributed by atoms with Gasteiger partial charge in [-0.3, -0.25) is 0 Å². The molecule has 0 fully saturated rings. The topological polar surface area (TPSA) is 12.0 Å². The van der Waals surface area contributed by atoms with Crippen LogP contribution in [-0.2, 0) is 6.54 Å². The van der Waals surface area contributed by atoms with Gasteiger partial charge in [0.25, 0.3) is 0 Å². The molecular weight excluding hydrogens is 319 g/mol. The van der Waals surface area contributed by atoms with Gasteiger partial charge in [0, 0.05) is 17.8 Å². The maximum absolute atomic E-state index is 13.4. The zero-order valence-corrected chi connectivity index (χ0v) is 11.7. The molecule has 19 heavy (non-hydrogen) atoms. The minimum absolute atomic E-state index is 0.0888. The summed E-state index contributed by atoms with van der Waals surface area (Å²) < 4.78 is 40.2. The first-order chi connectivity index (χ1) is 8.97. The molecule has 1 nitrogen and oxygen atoms in total. The molecule has 1 N–H and O–H groups in total. The van der Waals surface area contributed by atoms with Crippen LogP contribution in [0.4, 0.5) is 18.9 Å². The van der Waals surface area contributed by atoms with Crippen molar-refractivity contribution in [3.8, 4) is 0 Å². The van der Waals surface area contributed by atoms with Crippen LogP contribution >= 0.6 is 15.9 Å². The molecule has 0 atom stereocenters. The number of aryl methyl sites for hydroxylation is 1. The average molecular weight is 330 g/mol. The van der Waals surface area contributed by atoms with Crippen molar-refractivity contribution in [2.75, 3.05) is 5.32 Å². The van der Waals surface area contributed by atoms with E-state index in [1.807, 2.05) is 0 Å². The molecule has 0 aliphatic rings. The van der Waals surface area contributed by atoms with Crippen molar-refractivity contribution < 1.29 is 13.2 Å². The number of hydrogen-bond donors (Lipinski definition) is 1. The highest BCUT2D eigenvalue weighted by Crippen LogP contribution is 2.24. The molecule has 0 unspecified atom stereocenters. The molecule has 0 bridgehead atoms. The van der Waals surface area contributed by atoms with Crippen LogP contribution in [0.5, 0.6) is 0 Å². The Morgan fingerprint density at radius 3 is 2.53 bits per heavy atom. The van der Waals surface area contributed by atoms with Crippen molar-refractivity contribution in [3.05, 3.63) is 63.4 Å². The number of benzene rings is 2. The van der Waals surface area contributed by atoms with Crippen LogP contribution in [0, 0.1) is 24.4 Å². The summed E-state index contributed by atoms with van der Waals surface area (Å²) >= 11 is 3.08. The maximum atomic E-state index is 13.4. The molecule has 0 aromatic heterocycles. The first-order valence-corrected chi connectivity index (χ1v) is 6.40. The minimum Gasteiger partial charge on any atom is -0.381 e. The van der Waals surface area contributed by atoms with Crippen LogP contribution in [0.25, 0.3) is 0 Å². The molecular formula is C14H11BrF3N. The van der Waals surface area contributed by atoms with Gasteiger partial charge in [0.1, 0.15) is 17.5 Å². The van der Waals surface area contributed by atoms with Crippen molar-refractivity contribution in [3.63, 3.8) is 0 Å². The fourth-order valence-electron chi connectivity index (χ4n) is 1.71. The van der Waals surface area contributed by atoms with E-state index in [1.54, 1.807) is 13.0 Å². The third kappa shape index (κ3) is 3.29. The van der Waals surface area contributed by atoms with Gasteiger partial charge in [-0.1, -0.05) is 0 Å². The van der Waals surface area contributed by atoms with E-state index in [1.165, 1.54) is 6.07 Å². The SMILES string of the molecule is Cc1cc(Br)c(F)cc1NCc1cc(F)ccc1F. The zero-order chi connectivity index (χ0) is 14.0. The third-order valence-corrected chi connectivity index (χ3v) is 3.35. The van der Waals surface area contributed by atoms with Crippen LogP contribution in [0.2, 0.25) is 0 Å². The first kappa shape index (κ1) is 13.9. The molecule has 0 saturated carbocycles. The van der Waals surface area contributed by atoms with Crippen molar-refractivity contribution >= 4 is 21.6 Å². The predicted octanol–water partition coefficient (Wildman–Crippen LogP) is 4.79. The van der Waals surface area contributed by atoms with Crippen LogP contribution < -0.4 is 5.32 Å². The summed E-state index contributed by atoms with van der Waals surface area (Å²) in [6, 6.07) is 6.19. The fraction of sp³-hybridized carbons (Fsp3) is 0.143. The summed E-state index contributed by atoms with van der Waals surface area (Å²) in [4.78, 5) is 0. The van der Waals surface area contributed by atoms with E-state index in [2.05, 4.69) is 21.2 Å². The van der Waals surface area contributed by atoms with E-state index in [0.29, 0.717) is 10.2 Å². The minimum atomic E-state index is -0.503. The number of anilines is 1. The summed E-state index contributed by atoms with van der Waals surface area (Å²) in [6.45, 7) is 1.89. The Labute approximate surface area is 117 Å². The average Bonchev–Trinajstić information content (AvgIpc) is 2.36. The van der Waals surface area contributed by atoms with Gasteiger partial charge < -0.3 is 5.32 Å². The van der Waals surface area contributed by atoms with E-state index in [4.69, 9.17) is 0 Å². The number of halogens is 4. The van der Waals surface area contributed by atoms with Crippen molar-refractivity contribution in [2.45, 2.75) is 13.5 Å². The molecule has 2 rings (SSSR count). The molecule has 100 valence electrons. The lowest BCUT2D eigenvalue weighted by Crippen LogP contribution is -2.04. The molecule has 0 spiro atoms. The second-order valence-corrected chi connectivity index (χ2v) is 5.02. The van der Waals surface area contributed by atoms with Gasteiger partial charge in [-0.05, 0) is 58.7 Å². The quantitative estimate of drug-likeness (QED) is 0.853. The molecule has 0 saturated heterocycles. The molecule has 0 amide bonds. The van der Waals surface area contributed by atoms with Gasteiger partial charge in [0.15, 0.2) is 0 Å². The molecule has 5 heteroatoms. The smallest absolute Gasteiger partial charge is 0.139 e. The Hall–Kier alpha value is -1.49. The van der Waals surface area contributed by atoms with Crippen LogP contribution in [0.15, 0.2) is 34.8 Å². The summed E-state index contributed by atoms with van der Waals surface area (Å²) in [5.74, 6) is -1.41. The number of hydrogen-bond acceptors (Lipinski definition) is 1. The van der Waals surface area contributed by atoms with Crippen LogP contribution in [0.3, 0.4) is 0 Å². The van der Waals surface area contributed by atoms with Gasteiger partial charge in [0.05, 0.1) is 4.47 Å². The summed E-state index contributed by atoms with van der Waals surface area (Å²) in [6.07, 6.45) is 0. The predicted molar refractivity (Wildman–Crippen MR) is 72.5 cm³/mol. The Kier molecular flexibility index (Phi) is 4.14. The standard InChI is InChI=1S/C14H11BrF3N/c1-8-4-11(15)13(18)6-14(8)19-7-9-5-10(16)2-3-12(9)17/h2-6,19H,7H2,1H3. The highest BCUT2D eigenvalue weighted by atomic mass is 79.9. The lowest BCUT2D eigenvalue weighted by atomic mass is 10.1. The molecule has 0 radical (unpaired) electrons. The van der Waals surface area contributed by atoms with E-state index in [-0.39, 0.29) is 12.1 Å².